The molecule has 4 aromatic rings. The molecule has 0 fully saturated rings. The average molecular weight is 628 g/mol. The van der Waals surface area contributed by atoms with E-state index in [1.165, 1.54) is 14.2 Å². The fraction of sp³-hybridized carbons (Fsp3) is 0.367. The van der Waals surface area contributed by atoms with Gasteiger partial charge in [0.05, 0.1) is 53.2 Å². The van der Waals surface area contributed by atoms with E-state index >= 15 is 0 Å². The number of pyridine rings is 3. The second-order valence-corrected chi connectivity index (χ2v) is 10.7. The molecule has 0 unspecified atom stereocenters. The number of nitrogens with zero attached hydrogens (tertiary/aromatic N) is 4. The zero-order valence-electron chi connectivity index (χ0n) is 24.3. The molecule has 0 aliphatic rings. The largest absolute Gasteiger partial charge is 0.495 e. The van der Waals surface area contributed by atoms with Crippen molar-refractivity contribution in [1.82, 2.24) is 19.9 Å². The molecule has 0 bridgehead atoms. The molecule has 0 aliphatic heterocycles. The third kappa shape index (κ3) is 6.32. The van der Waals surface area contributed by atoms with Gasteiger partial charge in [0.25, 0.3) is 0 Å². The molecule has 1 aromatic carbocycles. The molecule has 4 rings (SSSR count). The molecule has 0 saturated carbocycles. The summed E-state index contributed by atoms with van der Waals surface area (Å²) in [6.45, 7) is 0.536. The fourth-order valence-electron chi connectivity index (χ4n) is 4.93. The summed E-state index contributed by atoms with van der Waals surface area (Å²) in [6, 6.07) is 13.0. The Balaban J connectivity index is 2.14. The Hall–Kier alpha value is -3.67. The Bertz CT molecular complexity index is 1500. The Morgan fingerprint density at radius 2 is 1.49 bits per heavy atom. The summed E-state index contributed by atoms with van der Waals surface area (Å²) in [4.78, 5) is 15.7. The molecule has 0 amide bonds. The summed E-state index contributed by atoms with van der Waals surface area (Å²) >= 11 is 3.57. The van der Waals surface area contributed by atoms with Crippen molar-refractivity contribution in [3.05, 3.63) is 69.8 Å². The number of ether oxygens (including phenoxy) is 5. The fourth-order valence-corrected chi connectivity index (χ4v) is 5.30. The van der Waals surface area contributed by atoms with E-state index in [1.54, 1.807) is 39.7 Å². The van der Waals surface area contributed by atoms with Crippen LogP contribution in [-0.4, -0.2) is 81.1 Å². The molecule has 0 radical (unpaired) electrons. The van der Waals surface area contributed by atoms with Gasteiger partial charge < -0.3 is 33.7 Å². The van der Waals surface area contributed by atoms with E-state index in [0.717, 1.165) is 15.4 Å². The number of aromatic nitrogens is 3. The highest BCUT2D eigenvalue weighted by atomic mass is 79.9. The van der Waals surface area contributed by atoms with Crippen molar-refractivity contribution in [2.45, 2.75) is 17.9 Å². The van der Waals surface area contributed by atoms with Gasteiger partial charge in [0, 0.05) is 39.7 Å². The number of hydrogen-bond donors (Lipinski definition) is 1. The molecule has 1 N–H and O–H groups in total. The number of hydrogen-bond acceptors (Lipinski definition) is 10. The molecular formula is C30H35BrN4O6. The topological polar surface area (TPSA) is 108 Å². The van der Waals surface area contributed by atoms with Crippen molar-refractivity contribution in [1.29, 1.82) is 0 Å². The van der Waals surface area contributed by atoms with Crippen LogP contribution in [0.1, 0.15) is 29.0 Å². The van der Waals surface area contributed by atoms with E-state index in [1.807, 2.05) is 49.3 Å². The lowest BCUT2D eigenvalue weighted by Crippen LogP contribution is -2.38. The summed E-state index contributed by atoms with van der Waals surface area (Å²) in [7, 11) is 11.6. The van der Waals surface area contributed by atoms with Crippen LogP contribution in [0, 0.1) is 0 Å². The lowest BCUT2D eigenvalue weighted by Gasteiger charge is -2.39. The molecule has 0 spiro atoms. The minimum atomic E-state index is -1.59. The van der Waals surface area contributed by atoms with Gasteiger partial charge in [-0.05, 0) is 56.4 Å². The van der Waals surface area contributed by atoms with Gasteiger partial charge in [-0.25, -0.2) is 9.97 Å². The smallest absolute Gasteiger partial charge is 0.217 e. The predicted molar refractivity (Wildman–Crippen MR) is 160 cm³/mol. The quantitative estimate of drug-likeness (QED) is 0.235. The van der Waals surface area contributed by atoms with Crippen LogP contribution in [0.25, 0.3) is 10.9 Å². The predicted octanol–water partition coefficient (Wildman–Crippen LogP) is 4.80. The average Bonchev–Trinajstić information content (AvgIpc) is 2.99. The van der Waals surface area contributed by atoms with Crippen LogP contribution in [0.2, 0.25) is 0 Å². The van der Waals surface area contributed by atoms with Gasteiger partial charge in [0.2, 0.25) is 23.5 Å². The summed E-state index contributed by atoms with van der Waals surface area (Å²) < 4.78 is 29.1. The van der Waals surface area contributed by atoms with Crippen molar-refractivity contribution in [3.63, 3.8) is 0 Å². The third-order valence-electron chi connectivity index (χ3n) is 6.98. The second-order valence-electron chi connectivity index (χ2n) is 9.75. The van der Waals surface area contributed by atoms with Crippen molar-refractivity contribution in [2.24, 2.45) is 0 Å². The van der Waals surface area contributed by atoms with Gasteiger partial charge in [0.1, 0.15) is 11.4 Å². The van der Waals surface area contributed by atoms with E-state index in [2.05, 4.69) is 25.9 Å². The van der Waals surface area contributed by atoms with Crippen molar-refractivity contribution < 1.29 is 28.8 Å². The molecule has 2 atom stereocenters. The van der Waals surface area contributed by atoms with Crippen molar-refractivity contribution in [3.8, 4) is 29.3 Å². The van der Waals surface area contributed by atoms with Gasteiger partial charge in [-0.15, -0.1) is 0 Å². The van der Waals surface area contributed by atoms with Crippen LogP contribution >= 0.6 is 15.9 Å². The van der Waals surface area contributed by atoms with Crippen LogP contribution in [0.5, 0.6) is 29.3 Å². The molecule has 0 aliphatic carbocycles. The molecule has 218 valence electrons. The van der Waals surface area contributed by atoms with Crippen LogP contribution in [0.15, 0.2) is 53.1 Å². The molecule has 10 nitrogen and oxygen atoms in total. The van der Waals surface area contributed by atoms with E-state index in [9.17, 15) is 5.11 Å². The van der Waals surface area contributed by atoms with E-state index in [0.29, 0.717) is 58.9 Å². The van der Waals surface area contributed by atoms with Crippen LogP contribution in [-0.2, 0) is 5.60 Å². The Kier molecular flexibility index (Phi) is 9.52. The number of aliphatic hydroxyl groups is 1. The highest BCUT2D eigenvalue weighted by Gasteiger charge is 2.45. The maximum atomic E-state index is 13.1. The number of benzene rings is 1. The van der Waals surface area contributed by atoms with Crippen LogP contribution < -0.4 is 23.7 Å². The summed E-state index contributed by atoms with van der Waals surface area (Å²) in [5.74, 6) is 0.965. The summed E-state index contributed by atoms with van der Waals surface area (Å²) in [5, 5.41) is 13.9. The maximum Gasteiger partial charge on any atom is 0.217 e. The standard InChI is InChI=1S/C30H35BrN4O6/c1-35(2)11-10-30(36,19-14-25(38-4)34-26(15-19)39-5)27(23-16-21(37-3)17-32-28(23)40-6)22-13-18-12-20(31)8-9-24(18)33-29(22)41-7/h8-9,12-17,27,36H,10-11H2,1-7H3/t27-,30+/m0/s1. The lowest BCUT2D eigenvalue weighted by atomic mass is 9.72. The highest BCUT2D eigenvalue weighted by molar-refractivity contribution is 9.10. The minimum absolute atomic E-state index is 0.293. The highest BCUT2D eigenvalue weighted by Crippen LogP contribution is 2.50. The maximum absolute atomic E-state index is 13.1. The number of methoxy groups -OCH3 is 5. The number of rotatable bonds is 12. The van der Waals surface area contributed by atoms with E-state index in [4.69, 9.17) is 28.7 Å². The van der Waals surface area contributed by atoms with Crippen LogP contribution in [0.3, 0.4) is 0 Å². The Morgan fingerprint density at radius 1 is 0.829 bits per heavy atom. The van der Waals surface area contributed by atoms with Gasteiger partial charge in [-0.1, -0.05) is 15.9 Å². The summed E-state index contributed by atoms with van der Waals surface area (Å²) in [5.41, 5.74) is 0.880. The first-order valence-electron chi connectivity index (χ1n) is 12.9. The second kappa shape index (κ2) is 12.9. The Morgan fingerprint density at radius 3 is 2.07 bits per heavy atom. The SMILES string of the molecule is COc1cnc(OC)c([C@H](c2cc3cc(Br)ccc3nc2OC)[C@@](O)(CCN(C)C)c2cc(OC)nc(OC)c2)c1. The molecule has 3 aromatic heterocycles. The number of fused-ring (bicyclic) bond motifs is 1. The van der Waals surface area contributed by atoms with E-state index < -0.39 is 11.5 Å². The third-order valence-corrected chi connectivity index (χ3v) is 7.48. The minimum Gasteiger partial charge on any atom is -0.495 e. The summed E-state index contributed by atoms with van der Waals surface area (Å²) in [6.07, 6.45) is 1.87. The van der Waals surface area contributed by atoms with Gasteiger partial charge in [-0.3, -0.25) is 0 Å². The first-order valence-corrected chi connectivity index (χ1v) is 13.7. The van der Waals surface area contributed by atoms with Crippen LogP contribution in [0.4, 0.5) is 0 Å². The van der Waals surface area contributed by atoms with Gasteiger partial charge in [-0.2, -0.15) is 4.98 Å². The molecule has 0 saturated heterocycles. The van der Waals surface area contributed by atoms with E-state index in [-0.39, 0.29) is 0 Å². The zero-order chi connectivity index (χ0) is 29.7. The molecule has 41 heavy (non-hydrogen) atoms. The Labute approximate surface area is 248 Å². The lowest BCUT2D eigenvalue weighted by molar-refractivity contribution is 0.00254. The van der Waals surface area contributed by atoms with Gasteiger partial charge in [0.15, 0.2) is 0 Å². The molecular weight excluding hydrogens is 592 g/mol. The first kappa shape index (κ1) is 30.3. The zero-order valence-corrected chi connectivity index (χ0v) is 25.9. The monoisotopic (exact) mass is 626 g/mol. The number of halogens is 1. The molecule has 3 heterocycles. The molecule has 11 heteroatoms. The normalized spacial score (nSPS) is 13.5. The van der Waals surface area contributed by atoms with Crippen molar-refractivity contribution in [2.75, 3.05) is 56.2 Å². The van der Waals surface area contributed by atoms with Crippen molar-refractivity contribution >= 4 is 26.8 Å². The first-order chi connectivity index (χ1) is 19.7. The van der Waals surface area contributed by atoms with Gasteiger partial charge >= 0.3 is 0 Å².